The SMILES string of the molecule is OC(C#Cc1ccc(F)cc1)c1ccccc1C#Cc1ccccc1. The van der Waals surface area contributed by atoms with E-state index in [4.69, 9.17) is 0 Å². The van der Waals surface area contributed by atoms with Crippen LogP contribution in [0.1, 0.15) is 28.4 Å². The van der Waals surface area contributed by atoms with Crippen LogP contribution in [-0.2, 0) is 0 Å². The van der Waals surface area contributed by atoms with Crippen LogP contribution in [0.2, 0.25) is 0 Å². The molecule has 3 aromatic rings. The van der Waals surface area contributed by atoms with E-state index >= 15 is 0 Å². The second-order valence-corrected chi connectivity index (χ2v) is 5.38. The molecule has 0 aliphatic carbocycles. The summed E-state index contributed by atoms with van der Waals surface area (Å²) in [5.74, 6) is 11.5. The van der Waals surface area contributed by atoms with Gasteiger partial charge >= 0.3 is 0 Å². The lowest BCUT2D eigenvalue weighted by molar-refractivity contribution is 0.238. The lowest BCUT2D eigenvalue weighted by Crippen LogP contribution is -1.97. The van der Waals surface area contributed by atoms with Crippen LogP contribution < -0.4 is 0 Å². The fourth-order valence-electron chi connectivity index (χ4n) is 2.27. The Morgan fingerprint density at radius 2 is 1.32 bits per heavy atom. The van der Waals surface area contributed by atoms with Gasteiger partial charge < -0.3 is 5.11 Å². The van der Waals surface area contributed by atoms with Gasteiger partial charge in [-0.05, 0) is 42.5 Å². The van der Waals surface area contributed by atoms with Crippen LogP contribution in [0.3, 0.4) is 0 Å². The van der Waals surface area contributed by atoms with E-state index in [2.05, 4.69) is 23.7 Å². The normalized spacial score (nSPS) is 10.8. The molecule has 0 spiro atoms. The second kappa shape index (κ2) is 7.97. The van der Waals surface area contributed by atoms with E-state index in [1.54, 1.807) is 18.2 Å². The van der Waals surface area contributed by atoms with Crippen molar-refractivity contribution >= 4 is 0 Å². The number of halogens is 1. The number of benzene rings is 3. The molecule has 0 saturated carbocycles. The van der Waals surface area contributed by atoms with Crippen LogP contribution in [0.4, 0.5) is 4.39 Å². The summed E-state index contributed by atoms with van der Waals surface area (Å²) in [5.41, 5.74) is 2.94. The van der Waals surface area contributed by atoms with Gasteiger partial charge in [0, 0.05) is 22.3 Å². The van der Waals surface area contributed by atoms with E-state index in [0.29, 0.717) is 11.1 Å². The Balaban J connectivity index is 1.86. The minimum atomic E-state index is -0.966. The van der Waals surface area contributed by atoms with Crippen molar-refractivity contribution in [2.75, 3.05) is 0 Å². The number of aliphatic hydroxyl groups excluding tert-OH is 1. The maximum absolute atomic E-state index is 12.9. The number of hydrogen-bond donors (Lipinski definition) is 1. The van der Waals surface area contributed by atoms with Crippen molar-refractivity contribution < 1.29 is 9.50 Å². The molecule has 0 amide bonds. The first kappa shape index (κ1) is 16.5. The largest absolute Gasteiger partial charge is 0.376 e. The maximum Gasteiger partial charge on any atom is 0.141 e. The minimum absolute atomic E-state index is 0.312. The lowest BCUT2D eigenvalue weighted by Gasteiger charge is -2.06. The third-order valence-corrected chi connectivity index (χ3v) is 3.57. The van der Waals surface area contributed by atoms with Crippen LogP contribution in [0.5, 0.6) is 0 Å². The fraction of sp³-hybridized carbons (Fsp3) is 0.0435. The summed E-state index contributed by atoms with van der Waals surface area (Å²) in [4.78, 5) is 0. The zero-order valence-corrected chi connectivity index (χ0v) is 13.4. The molecule has 0 aromatic heterocycles. The van der Waals surface area contributed by atoms with Crippen molar-refractivity contribution in [1.29, 1.82) is 0 Å². The molecule has 0 aliphatic heterocycles. The van der Waals surface area contributed by atoms with Crippen LogP contribution >= 0.6 is 0 Å². The molecule has 120 valence electrons. The van der Waals surface area contributed by atoms with Gasteiger partial charge in [-0.1, -0.05) is 60.1 Å². The molecule has 0 aliphatic rings. The Bertz CT molecular complexity index is 968. The summed E-state index contributed by atoms with van der Waals surface area (Å²) in [7, 11) is 0. The lowest BCUT2D eigenvalue weighted by atomic mass is 10.0. The Morgan fingerprint density at radius 1 is 0.680 bits per heavy atom. The highest BCUT2D eigenvalue weighted by atomic mass is 19.1. The molecule has 1 unspecified atom stereocenters. The van der Waals surface area contributed by atoms with Gasteiger partial charge in [0.05, 0.1) is 0 Å². The molecule has 1 nitrogen and oxygen atoms in total. The van der Waals surface area contributed by atoms with Crippen LogP contribution in [0.15, 0.2) is 78.9 Å². The van der Waals surface area contributed by atoms with Crippen molar-refractivity contribution in [2.24, 2.45) is 0 Å². The number of aliphatic hydroxyl groups is 1. The second-order valence-electron chi connectivity index (χ2n) is 5.38. The molecular formula is C23H15FO. The molecule has 25 heavy (non-hydrogen) atoms. The molecule has 0 radical (unpaired) electrons. The van der Waals surface area contributed by atoms with Gasteiger partial charge in [-0.25, -0.2) is 4.39 Å². The van der Waals surface area contributed by atoms with Crippen molar-refractivity contribution in [3.05, 3.63) is 107 Å². The fourth-order valence-corrected chi connectivity index (χ4v) is 2.27. The van der Waals surface area contributed by atoms with Gasteiger partial charge in [0.1, 0.15) is 11.9 Å². The smallest absolute Gasteiger partial charge is 0.141 e. The maximum atomic E-state index is 12.9. The van der Waals surface area contributed by atoms with Crippen LogP contribution in [0.25, 0.3) is 0 Å². The topological polar surface area (TPSA) is 20.2 Å². The van der Waals surface area contributed by atoms with E-state index < -0.39 is 6.10 Å². The van der Waals surface area contributed by atoms with Crippen molar-refractivity contribution in [1.82, 2.24) is 0 Å². The predicted octanol–water partition coefficient (Wildman–Crippen LogP) is 4.31. The number of hydrogen-bond acceptors (Lipinski definition) is 1. The molecule has 2 heteroatoms. The highest BCUT2D eigenvalue weighted by molar-refractivity contribution is 5.49. The van der Waals surface area contributed by atoms with Crippen LogP contribution in [0, 0.1) is 29.5 Å². The Labute approximate surface area is 146 Å². The van der Waals surface area contributed by atoms with Crippen molar-refractivity contribution in [3.63, 3.8) is 0 Å². The highest BCUT2D eigenvalue weighted by Crippen LogP contribution is 2.17. The average molecular weight is 326 g/mol. The number of rotatable bonds is 1. The molecule has 0 heterocycles. The zero-order chi connectivity index (χ0) is 17.5. The Morgan fingerprint density at radius 3 is 2.08 bits per heavy atom. The summed E-state index contributed by atoms with van der Waals surface area (Å²) in [5, 5.41) is 10.4. The molecular weight excluding hydrogens is 311 g/mol. The van der Waals surface area contributed by atoms with Gasteiger partial charge in [-0.2, -0.15) is 0 Å². The van der Waals surface area contributed by atoms with E-state index in [-0.39, 0.29) is 5.82 Å². The van der Waals surface area contributed by atoms with E-state index in [0.717, 1.165) is 11.1 Å². The summed E-state index contributed by atoms with van der Waals surface area (Å²) in [6.45, 7) is 0. The minimum Gasteiger partial charge on any atom is -0.376 e. The van der Waals surface area contributed by atoms with Gasteiger partial charge in [0.15, 0.2) is 0 Å². The van der Waals surface area contributed by atoms with Crippen molar-refractivity contribution in [3.8, 4) is 23.7 Å². The Kier molecular flexibility index (Phi) is 5.27. The first-order valence-corrected chi connectivity index (χ1v) is 7.83. The standard InChI is InChI=1S/C23H15FO/c24-21-15-11-19(12-16-21)13-17-23(25)22-9-5-4-8-20(22)14-10-18-6-2-1-3-7-18/h1-9,11-12,15-16,23,25H. The Hall–Kier alpha value is -3.33. The summed E-state index contributed by atoms with van der Waals surface area (Å²) in [6.07, 6.45) is -0.966. The first-order valence-electron chi connectivity index (χ1n) is 7.83. The highest BCUT2D eigenvalue weighted by Gasteiger charge is 2.07. The predicted molar refractivity (Wildman–Crippen MR) is 97.1 cm³/mol. The third kappa shape index (κ3) is 4.58. The third-order valence-electron chi connectivity index (χ3n) is 3.57. The van der Waals surface area contributed by atoms with Gasteiger partial charge in [-0.3, -0.25) is 0 Å². The van der Waals surface area contributed by atoms with E-state index in [9.17, 15) is 9.50 Å². The molecule has 3 aromatic carbocycles. The van der Waals surface area contributed by atoms with Gasteiger partial charge in [-0.15, -0.1) is 0 Å². The van der Waals surface area contributed by atoms with Gasteiger partial charge in [0.25, 0.3) is 0 Å². The molecule has 0 bridgehead atoms. The molecule has 0 fully saturated rings. The van der Waals surface area contributed by atoms with Gasteiger partial charge in [0.2, 0.25) is 0 Å². The summed E-state index contributed by atoms with van der Waals surface area (Å²) in [6, 6.07) is 22.9. The molecule has 3 rings (SSSR count). The first-order chi connectivity index (χ1) is 12.2. The monoisotopic (exact) mass is 326 g/mol. The zero-order valence-electron chi connectivity index (χ0n) is 13.4. The molecule has 1 atom stereocenters. The van der Waals surface area contributed by atoms with E-state index in [1.165, 1.54) is 12.1 Å². The van der Waals surface area contributed by atoms with Crippen LogP contribution in [-0.4, -0.2) is 5.11 Å². The summed E-state index contributed by atoms with van der Waals surface area (Å²) < 4.78 is 12.9. The quantitative estimate of drug-likeness (QED) is 0.661. The van der Waals surface area contributed by atoms with E-state index in [1.807, 2.05) is 48.5 Å². The van der Waals surface area contributed by atoms with Crippen molar-refractivity contribution in [2.45, 2.75) is 6.10 Å². The average Bonchev–Trinajstić information content (AvgIpc) is 2.67. The summed E-state index contributed by atoms with van der Waals surface area (Å²) >= 11 is 0. The molecule has 1 N–H and O–H groups in total. The molecule has 0 saturated heterocycles.